The zero-order chi connectivity index (χ0) is 17.5. The molecule has 0 saturated carbocycles. The van der Waals surface area contributed by atoms with Crippen LogP contribution in [0.4, 0.5) is 0 Å². The van der Waals surface area contributed by atoms with Gasteiger partial charge >= 0.3 is 5.97 Å². The second-order valence-electron chi connectivity index (χ2n) is 5.00. The normalized spacial score (nSPS) is 10.5. The van der Waals surface area contributed by atoms with Gasteiger partial charge in [-0.3, -0.25) is 10.0 Å². The van der Waals surface area contributed by atoms with Crippen molar-refractivity contribution >= 4 is 22.6 Å². The van der Waals surface area contributed by atoms with E-state index in [1.165, 1.54) is 14.2 Å². The molecule has 1 amide bonds. The van der Waals surface area contributed by atoms with Gasteiger partial charge in [0.25, 0.3) is 5.91 Å². The number of fused-ring (bicyclic) bond motifs is 1. The van der Waals surface area contributed by atoms with Crippen molar-refractivity contribution in [2.75, 3.05) is 27.4 Å². The van der Waals surface area contributed by atoms with Gasteiger partial charge in [-0.1, -0.05) is 36.4 Å². The van der Waals surface area contributed by atoms with Gasteiger partial charge in [0.05, 0.1) is 20.8 Å². The summed E-state index contributed by atoms with van der Waals surface area (Å²) >= 11 is 0. The molecule has 0 atom stereocenters. The first kappa shape index (κ1) is 17.7. The molecule has 128 valence electrons. The van der Waals surface area contributed by atoms with Gasteiger partial charge in [-0.15, -0.1) is 0 Å². The monoisotopic (exact) mass is 333 g/mol. The third-order valence-corrected chi connectivity index (χ3v) is 3.45. The Morgan fingerprint density at radius 1 is 1.08 bits per heavy atom. The third kappa shape index (κ3) is 4.21. The summed E-state index contributed by atoms with van der Waals surface area (Å²) in [6.07, 6.45) is 0. The Balaban J connectivity index is 2.05. The van der Waals surface area contributed by atoms with Crippen molar-refractivity contribution < 1.29 is 29.0 Å². The number of hydrogen-bond acceptors (Lipinski definition) is 6. The molecule has 0 fully saturated rings. The first-order chi connectivity index (χ1) is 11.6. The largest absolute Gasteiger partial charge is 0.496 e. The van der Waals surface area contributed by atoms with Crippen LogP contribution in [0.3, 0.4) is 0 Å². The molecule has 0 spiro atoms. The van der Waals surface area contributed by atoms with E-state index >= 15 is 0 Å². The lowest BCUT2D eigenvalue weighted by atomic mass is 10.1. The van der Waals surface area contributed by atoms with E-state index in [-0.39, 0.29) is 13.2 Å². The minimum absolute atomic E-state index is 0.0611. The Bertz CT molecular complexity index is 730. The fourth-order valence-electron chi connectivity index (χ4n) is 2.26. The maximum Gasteiger partial charge on any atom is 0.331 e. The number of methoxy groups -OCH3 is 2. The average Bonchev–Trinajstić information content (AvgIpc) is 2.61. The summed E-state index contributed by atoms with van der Waals surface area (Å²) in [6, 6.07) is 11.3. The molecule has 0 radical (unpaired) electrons. The summed E-state index contributed by atoms with van der Waals surface area (Å²) in [7, 11) is 2.76. The highest BCUT2D eigenvalue weighted by molar-refractivity contribution is 5.89. The molecule has 7 nitrogen and oxygen atoms in total. The van der Waals surface area contributed by atoms with Crippen LogP contribution in [-0.4, -0.2) is 49.6 Å². The molecular weight excluding hydrogens is 314 g/mol. The summed E-state index contributed by atoms with van der Waals surface area (Å²) in [6.45, 7) is -0.842. The molecule has 0 aromatic heterocycles. The number of carbonyl (C=O) groups excluding carboxylic acids is 2. The maximum absolute atomic E-state index is 11.8. The van der Waals surface area contributed by atoms with E-state index in [0.29, 0.717) is 16.4 Å². The quantitative estimate of drug-likeness (QED) is 0.472. The maximum atomic E-state index is 11.8. The van der Waals surface area contributed by atoms with Crippen molar-refractivity contribution in [2.24, 2.45) is 0 Å². The third-order valence-electron chi connectivity index (χ3n) is 3.45. The van der Waals surface area contributed by atoms with E-state index in [0.717, 1.165) is 10.8 Å². The first-order valence-electron chi connectivity index (χ1n) is 7.25. The molecule has 0 bridgehead atoms. The highest BCUT2D eigenvalue weighted by Crippen LogP contribution is 2.30. The summed E-state index contributed by atoms with van der Waals surface area (Å²) in [4.78, 5) is 22.7. The molecule has 0 aliphatic carbocycles. The Kier molecular flexibility index (Phi) is 6.11. The molecule has 0 unspecified atom stereocenters. The molecule has 2 rings (SSSR count). The Labute approximate surface area is 139 Å². The summed E-state index contributed by atoms with van der Waals surface area (Å²) in [5.74, 6) is -0.673. The van der Waals surface area contributed by atoms with Crippen LogP contribution in [0.15, 0.2) is 36.4 Å². The second kappa shape index (κ2) is 8.28. The van der Waals surface area contributed by atoms with Crippen LogP contribution in [0, 0.1) is 0 Å². The SMILES string of the molecule is COC(=O)COCC(=O)N(O)Cc1ccc2ccccc2c1OC. The molecule has 0 aliphatic heterocycles. The number of amides is 1. The van der Waals surface area contributed by atoms with E-state index in [4.69, 9.17) is 9.47 Å². The lowest BCUT2D eigenvalue weighted by Crippen LogP contribution is -2.31. The van der Waals surface area contributed by atoms with Crippen molar-refractivity contribution in [1.82, 2.24) is 5.06 Å². The topological polar surface area (TPSA) is 85.3 Å². The smallest absolute Gasteiger partial charge is 0.331 e. The van der Waals surface area contributed by atoms with Crippen LogP contribution < -0.4 is 4.74 Å². The standard InChI is InChI=1S/C17H19NO6/c1-22-16(20)11-24-10-15(19)18(21)9-13-8-7-12-5-3-4-6-14(12)17(13)23-2/h3-8,21H,9-11H2,1-2H3. The highest BCUT2D eigenvalue weighted by Gasteiger charge is 2.16. The molecule has 0 saturated heterocycles. The zero-order valence-corrected chi connectivity index (χ0v) is 13.5. The van der Waals surface area contributed by atoms with Gasteiger partial charge in [-0.2, -0.15) is 0 Å². The van der Waals surface area contributed by atoms with Crippen molar-refractivity contribution in [3.63, 3.8) is 0 Å². The number of esters is 1. The number of benzene rings is 2. The minimum Gasteiger partial charge on any atom is -0.496 e. The molecule has 1 N–H and O–H groups in total. The molecule has 7 heteroatoms. The molecule has 24 heavy (non-hydrogen) atoms. The molecule has 0 aliphatic rings. The van der Waals surface area contributed by atoms with Crippen molar-refractivity contribution in [1.29, 1.82) is 0 Å². The fraction of sp³-hybridized carbons (Fsp3) is 0.294. The number of hydrogen-bond donors (Lipinski definition) is 1. The average molecular weight is 333 g/mol. The van der Waals surface area contributed by atoms with Gasteiger partial charge in [0.1, 0.15) is 19.0 Å². The lowest BCUT2D eigenvalue weighted by molar-refractivity contribution is -0.174. The number of carbonyl (C=O) groups is 2. The van der Waals surface area contributed by atoms with E-state index in [1.54, 1.807) is 6.07 Å². The van der Waals surface area contributed by atoms with Gasteiger partial charge in [-0.25, -0.2) is 9.86 Å². The van der Waals surface area contributed by atoms with Crippen LogP contribution in [0.1, 0.15) is 5.56 Å². The number of hydroxylamine groups is 2. The van der Waals surface area contributed by atoms with E-state index < -0.39 is 18.5 Å². The van der Waals surface area contributed by atoms with Crippen LogP contribution >= 0.6 is 0 Å². The second-order valence-corrected chi connectivity index (χ2v) is 5.00. The van der Waals surface area contributed by atoms with E-state index in [1.807, 2.05) is 30.3 Å². The number of rotatable bonds is 7. The predicted octanol–water partition coefficient (Wildman–Crippen LogP) is 1.76. The Hall–Kier alpha value is -2.64. The number of nitrogens with zero attached hydrogens (tertiary/aromatic N) is 1. The van der Waals surface area contributed by atoms with E-state index in [2.05, 4.69) is 4.74 Å². The number of ether oxygens (including phenoxy) is 3. The minimum atomic E-state index is -0.672. The van der Waals surface area contributed by atoms with Gasteiger partial charge in [0, 0.05) is 10.9 Å². The molecule has 0 heterocycles. The van der Waals surface area contributed by atoms with Gasteiger partial charge in [0.15, 0.2) is 0 Å². The predicted molar refractivity (Wildman–Crippen MR) is 85.7 cm³/mol. The molecule has 2 aromatic carbocycles. The highest BCUT2D eigenvalue weighted by atomic mass is 16.6. The van der Waals surface area contributed by atoms with Crippen molar-refractivity contribution in [2.45, 2.75) is 6.54 Å². The lowest BCUT2D eigenvalue weighted by Gasteiger charge is -2.18. The van der Waals surface area contributed by atoms with Crippen LogP contribution in [0.5, 0.6) is 5.75 Å². The van der Waals surface area contributed by atoms with Crippen LogP contribution in [0.2, 0.25) is 0 Å². The van der Waals surface area contributed by atoms with Gasteiger partial charge in [0.2, 0.25) is 0 Å². The molecular formula is C17H19NO6. The fourth-order valence-corrected chi connectivity index (χ4v) is 2.26. The summed E-state index contributed by atoms with van der Waals surface area (Å²) in [5, 5.41) is 12.3. The van der Waals surface area contributed by atoms with Crippen molar-refractivity contribution in [3.8, 4) is 5.75 Å². The van der Waals surface area contributed by atoms with Crippen LogP contribution in [-0.2, 0) is 25.6 Å². The summed E-state index contributed by atoms with van der Waals surface area (Å²) in [5.41, 5.74) is 0.653. The Morgan fingerprint density at radius 3 is 2.54 bits per heavy atom. The Morgan fingerprint density at radius 2 is 1.83 bits per heavy atom. The van der Waals surface area contributed by atoms with Gasteiger partial charge in [-0.05, 0) is 5.39 Å². The van der Waals surface area contributed by atoms with E-state index in [9.17, 15) is 14.8 Å². The molecule has 2 aromatic rings. The van der Waals surface area contributed by atoms with Crippen LogP contribution in [0.25, 0.3) is 10.8 Å². The van der Waals surface area contributed by atoms with Gasteiger partial charge < -0.3 is 14.2 Å². The summed E-state index contributed by atoms with van der Waals surface area (Å²) < 4.78 is 14.7. The first-order valence-corrected chi connectivity index (χ1v) is 7.25. The zero-order valence-electron chi connectivity index (χ0n) is 13.5. The van der Waals surface area contributed by atoms with Crippen molar-refractivity contribution in [3.05, 3.63) is 42.0 Å².